The predicted octanol–water partition coefficient (Wildman–Crippen LogP) is 2.42. The Hall–Kier alpha value is -0.0400. The molecule has 0 spiro atoms. The Morgan fingerprint density at radius 2 is 1.70 bits per heavy atom. The van der Waals surface area contributed by atoms with Gasteiger partial charge in [0.05, 0.1) is 0 Å². The number of hydrogen-bond donors (Lipinski definition) is 1. The van der Waals surface area contributed by atoms with Gasteiger partial charge in [-0.05, 0) is 18.4 Å². The second kappa shape index (κ2) is 3.97. The fourth-order valence-electron chi connectivity index (χ4n) is 0.736. The van der Waals surface area contributed by atoms with Crippen LogP contribution in [0.4, 0.5) is 0 Å². The summed E-state index contributed by atoms with van der Waals surface area (Å²) >= 11 is 0. The molecule has 0 aliphatic rings. The second-order valence-electron chi connectivity index (χ2n) is 4.42. The molecular formula is C9H21N. The Bertz CT molecular complexity index is 79.2. The summed E-state index contributed by atoms with van der Waals surface area (Å²) < 4.78 is 0. The minimum Gasteiger partial charge on any atom is -0.315 e. The van der Waals surface area contributed by atoms with E-state index in [1.54, 1.807) is 0 Å². The fraction of sp³-hybridized carbons (Fsp3) is 1.00. The van der Waals surface area contributed by atoms with Crippen molar-refractivity contribution in [3.63, 3.8) is 0 Å². The molecule has 0 fully saturated rings. The minimum absolute atomic E-state index is 0.474. The van der Waals surface area contributed by atoms with E-state index in [9.17, 15) is 0 Å². The van der Waals surface area contributed by atoms with Crippen LogP contribution in [0.1, 0.15) is 41.0 Å². The van der Waals surface area contributed by atoms with Gasteiger partial charge < -0.3 is 5.32 Å². The molecule has 1 heteroatoms. The van der Waals surface area contributed by atoms with Gasteiger partial charge in [-0.25, -0.2) is 0 Å². The van der Waals surface area contributed by atoms with E-state index in [1.165, 1.54) is 6.42 Å². The molecule has 1 nitrogen and oxygen atoms in total. The average Bonchev–Trinajstić information content (AvgIpc) is 1.59. The van der Waals surface area contributed by atoms with E-state index < -0.39 is 0 Å². The highest BCUT2D eigenvalue weighted by Crippen LogP contribution is 2.16. The monoisotopic (exact) mass is 143 g/mol. The lowest BCUT2D eigenvalue weighted by atomic mass is 9.92. The summed E-state index contributed by atoms with van der Waals surface area (Å²) in [6, 6.07) is 0.627. The van der Waals surface area contributed by atoms with Crippen LogP contribution in [-0.2, 0) is 0 Å². The van der Waals surface area contributed by atoms with Crippen LogP contribution in [0, 0.1) is 5.41 Å². The Morgan fingerprint density at radius 1 is 1.20 bits per heavy atom. The summed E-state index contributed by atoms with van der Waals surface area (Å²) in [4.78, 5) is 0. The molecule has 10 heavy (non-hydrogen) atoms. The minimum atomic E-state index is 0.474. The molecular weight excluding hydrogens is 122 g/mol. The molecule has 0 aromatic carbocycles. The first-order valence-electron chi connectivity index (χ1n) is 4.15. The first-order chi connectivity index (χ1) is 4.42. The lowest BCUT2D eigenvalue weighted by Crippen LogP contribution is -2.26. The maximum atomic E-state index is 3.40. The van der Waals surface area contributed by atoms with Gasteiger partial charge in [-0.3, -0.25) is 0 Å². The van der Waals surface area contributed by atoms with E-state index in [1.807, 2.05) is 0 Å². The maximum absolute atomic E-state index is 3.40. The smallest absolute Gasteiger partial charge is 0.00103 e. The van der Waals surface area contributed by atoms with Gasteiger partial charge >= 0.3 is 0 Å². The Kier molecular flexibility index (Phi) is 3.95. The molecule has 0 rings (SSSR count). The summed E-state index contributed by atoms with van der Waals surface area (Å²) in [7, 11) is 0. The van der Waals surface area contributed by atoms with E-state index in [-0.39, 0.29) is 0 Å². The van der Waals surface area contributed by atoms with Crippen molar-refractivity contribution in [1.82, 2.24) is 5.32 Å². The van der Waals surface area contributed by atoms with E-state index in [2.05, 4.69) is 39.9 Å². The topological polar surface area (TPSA) is 12.0 Å². The largest absolute Gasteiger partial charge is 0.315 e. The van der Waals surface area contributed by atoms with Gasteiger partial charge in [0.25, 0.3) is 0 Å². The van der Waals surface area contributed by atoms with E-state index in [0.717, 1.165) is 6.54 Å². The van der Waals surface area contributed by atoms with Crippen LogP contribution >= 0.6 is 0 Å². The van der Waals surface area contributed by atoms with Crippen molar-refractivity contribution in [1.29, 1.82) is 0 Å². The van der Waals surface area contributed by atoms with Gasteiger partial charge in [0, 0.05) is 6.04 Å². The first-order valence-corrected chi connectivity index (χ1v) is 4.15. The Morgan fingerprint density at radius 3 is 2.00 bits per heavy atom. The van der Waals surface area contributed by atoms with Crippen molar-refractivity contribution in [3.05, 3.63) is 0 Å². The third-order valence-electron chi connectivity index (χ3n) is 1.43. The van der Waals surface area contributed by atoms with Crippen molar-refractivity contribution in [2.75, 3.05) is 6.54 Å². The van der Waals surface area contributed by atoms with Gasteiger partial charge in [0.15, 0.2) is 0 Å². The van der Waals surface area contributed by atoms with Gasteiger partial charge in [-0.2, -0.15) is 0 Å². The van der Waals surface area contributed by atoms with Gasteiger partial charge in [-0.1, -0.05) is 34.6 Å². The highest BCUT2D eigenvalue weighted by molar-refractivity contribution is 4.64. The van der Waals surface area contributed by atoms with Crippen molar-refractivity contribution in [2.45, 2.75) is 47.1 Å². The van der Waals surface area contributed by atoms with Crippen molar-refractivity contribution < 1.29 is 0 Å². The number of rotatable bonds is 3. The Labute approximate surface area is 65.2 Å². The zero-order chi connectivity index (χ0) is 8.20. The zero-order valence-corrected chi connectivity index (χ0v) is 7.99. The maximum Gasteiger partial charge on any atom is 0.00103 e. The third kappa shape index (κ3) is 7.96. The quantitative estimate of drug-likeness (QED) is 0.640. The SMILES string of the molecule is CC(C)NCCC(C)(C)C. The normalized spacial score (nSPS) is 12.6. The summed E-state index contributed by atoms with van der Waals surface area (Å²) in [5.41, 5.74) is 0.474. The first kappa shape index (κ1) is 9.96. The summed E-state index contributed by atoms with van der Waals surface area (Å²) in [5, 5.41) is 3.40. The highest BCUT2D eigenvalue weighted by Gasteiger charge is 2.08. The van der Waals surface area contributed by atoms with Crippen molar-refractivity contribution in [3.8, 4) is 0 Å². The molecule has 0 heterocycles. The molecule has 0 amide bonds. The molecule has 0 aromatic heterocycles. The van der Waals surface area contributed by atoms with Crippen LogP contribution < -0.4 is 5.32 Å². The third-order valence-corrected chi connectivity index (χ3v) is 1.43. The molecule has 1 N–H and O–H groups in total. The van der Waals surface area contributed by atoms with Gasteiger partial charge in [0.1, 0.15) is 0 Å². The molecule has 0 radical (unpaired) electrons. The molecule has 0 saturated heterocycles. The van der Waals surface area contributed by atoms with E-state index in [4.69, 9.17) is 0 Å². The van der Waals surface area contributed by atoms with E-state index in [0.29, 0.717) is 11.5 Å². The second-order valence-corrected chi connectivity index (χ2v) is 4.42. The summed E-state index contributed by atoms with van der Waals surface area (Å²) in [5.74, 6) is 0. The lowest BCUT2D eigenvalue weighted by Gasteiger charge is -2.19. The van der Waals surface area contributed by atoms with Crippen LogP contribution in [0.5, 0.6) is 0 Å². The zero-order valence-electron chi connectivity index (χ0n) is 7.99. The molecule has 0 unspecified atom stereocenters. The lowest BCUT2D eigenvalue weighted by molar-refractivity contribution is 0.360. The predicted molar refractivity (Wildman–Crippen MR) is 47.2 cm³/mol. The van der Waals surface area contributed by atoms with Crippen LogP contribution in [0.2, 0.25) is 0 Å². The number of nitrogens with one attached hydrogen (secondary N) is 1. The average molecular weight is 143 g/mol. The standard InChI is InChI=1S/C9H21N/c1-8(2)10-7-6-9(3,4)5/h8,10H,6-7H2,1-5H3. The van der Waals surface area contributed by atoms with Crippen molar-refractivity contribution in [2.24, 2.45) is 5.41 Å². The summed E-state index contributed by atoms with van der Waals surface area (Å²) in [6.07, 6.45) is 1.26. The molecule has 0 aliphatic carbocycles. The van der Waals surface area contributed by atoms with Crippen LogP contribution in [0.3, 0.4) is 0 Å². The molecule has 62 valence electrons. The van der Waals surface area contributed by atoms with E-state index >= 15 is 0 Å². The Balaban J connectivity index is 3.21. The van der Waals surface area contributed by atoms with Crippen LogP contribution in [0.15, 0.2) is 0 Å². The van der Waals surface area contributed by atoms with Gasteiger partial charge in [-0.15, -0.1) is 0 Å². The molecule has 0 bridgehead atoms. The molecule has 0 saturated carbocycles. The van der Waals surface area contributed by atoms with Gasteiger partial charge in [0.2, 0.25) is 0 Å². The summed E-state index contributed by atoms with van der Waals surface area (Å²) in [6.45, 7) is 12.3. The number of hydrogen-bond acceptors (Lipinski definition) is 1. The fourth-order valence-corrected chi connectivity index (χ4v) is 0.736. The highest BCUT2D eigenvalue weighted by atomic mass is 14.9. The van der Waals surface area contributed by atoms with Crippen LogP contribution in [-0.4, -0.2) is 12.6 Å². The van der Waals surface area contributed by atoms with Crippen molar-refractivity contribution >= 4 is 0 Å². The molecule has 0 aliphatic heterocycles. The molecule has 0 aromatic rings. The van der Waals surface area contributed by atoms with Crippen LogP contribution in [0.25, 0.3) is 0 Å². The molecule has 0 atom stereocenters.